The molecule has 3 nitrogen and oxygen atoms in total. The molecular formula is C13H25BO3. The van der Waals surface area contributed by atoms with E-state index in [4.69, 9.17) is 14.2 Å². The van der Waals surface area contributed by atoms with Gasteiger partial charge >= 0.3 is 0 Å². The summed E-state index contributed by atoms with van der Waals surface area (Å²) in [4.78, 5) is 0. The van der Waals surface area contributed by atoms with Gasteiger partial charge in [-0.1, -0.05) is 33.0 Å². The second-order valence-electron chi connectivity index (χ2n) is 7.13. The van der Waals surface area contributed by atoms with Crippen molar-refractivity contribution in [3.05, 3.63) is 0 Å². The van der Waals surface area contributed by atoms with Gasteiger partial charge in [0.25, 0.3) is 0 Å². The van der Waals surface area contributed by atoms with E-state index in [0.29, 0.717) is 17.8 Å². The summed E-state index contributed by atoms with van der Waals surface area (Å²) in [5, 5.41) is 0.292. The van der Waals surface area contributed by atoms with Crippen LogP contribution in [0.3, 0.4) is 0 Å². The molecule has 0 spiro atoms. The lowest BCUT2D eigenvalue weighted by Gasteiger charge is -2.38. The van der Waals surface area contributed by atoms with Crippen LogP contribution in [0.25, 0.3) is 0 Å². The highest BCUT2D eigenvalue weighted by molar-refractivity contribution is 6.41. The molecule has 0 saturated carbocycles. The minimum Gasteiger partial charge on any atom is -0.384 e. The molecule has 4 atom stereocenters. The van der Waals surface area contributed by atoms with E-state index in [2.05, 4.69) is 27.7 Å². The molecular weight excluding hydrogens is 215 g/mol. The number of hydrogen-bond donors (Lipinski definition) is 0. The molecule has 2 aliphatic rings. The van der Waals surface area contributed by atoms with E-state index >= 15 is 0 Å². The van der Waals surface area contributed by atoms with Crippen molar-refractivity contribution in [1.29, 1.82) is 0 Å². The van der Waals surface area contributed by atoms with Gasteiger partial charge in [0.15, 0.2) is 13.1 Å². The molecule has 0 amide bonds. The fraction of sp³-hybridized carbons (Fsp3) is 1.00. The predicted octanol–water partition coefficient (Wildman–Crippen LogP) is 2.15. The molecule has 0 aliphatic carbocycles. The highest BCUT2D eigenvalue weighted by Gasteiger charge is 2.49. The van der Waals surface area contributed by atoms with E-state index in [9.17, 15) is 0 Å². The van der Waals surface area contributed by atoms with E-state index in [0.717, 1.165) is 7.28 Å². The highest BCUT2D eigenvalue weighted by Crippen LogP contribution is 2.38. The van der Waals surface area contributed by atoms with Gasteiger partial charge in [-0.05, 0) is 13.8 Å². The van der Waals surface area contributed by atoms with Crippen molar-refractivity contribution in [1.82, 2.24) is 0 Å². The van der Waals surface area contributed by atoms with Crippen LogP contribution in [-0.4, -0.2) is 37.9 Å². The molecule has 0 aromatic rings. The Morgan fingerprint density at radius 3 is 2.41 bits per heavy atom. The van der Waals surface area contributed by atoms with Gasteiger partial charge in [-0.25, -0.2) is 0 Å². The average Bonchev–Trinajstić information content (AvgIpc) is 2.44. The Kier molecular flexibility index (Phi) is 3.35. The summed E-state index contributed by atoms with van der Waals surface area (Å²) in [6, 6.07) is 0.286. The third kappa shape index (κ3) is 3.04. The van der Waals surface area contributed by atoms with Crippen LogP contribution in [0.2, 0.25) is 5.31 Å². The van der Waals surface area contributed by atoms with Crippen molar-refractivity contribution >= 4 is 7.28 Å². The van der Waals surface area contributed by atoms with Gasteiger partial charge in [-0.2, -0.15) is 0 Å². The summed E-state index contributed by atoms with van der Waals surface area (Å²) >= 11 is 0. The molecule has 2 fully saturated rings. The van der Waals surface area contributed by atoms with Gasteiger partial charge in [0.05, 0.1) is 12.7 Å². The predicted molar refractivity (Wildman–Crippen MR) is 69.6 cm³/mol. The standard InChI is InChI=1S/C13H25BO3/c1-8-10-9(16-13(5,6)17-10)7-15-11(8)14-12(2,3)4/h8-11,14H,7H2,1-6H3/t8?,9?,10-,11?/m1/s1. The molecule has 0 aromatic heterocycles. The topological polar surface area (TPSA) is 27.7 Å². The molecule has 2 aliphatic heterocycles. The Morgan fingerprint density at radius 2 is 1.82 bits per heavy atom. The number of hydrogen-bond acceptors (Lipinski definition) is 3. The van der Waals surface area contributed by atoms with Crippen LogP contribution in [-0.2, 0) is 14.2 Å². The van der Waals surface area contributed by atoms with Crippen molar-refractivity contribution in [3.8, 4) is 0 Å². The lowest BCUT2D eigenvalue weighted by Crippen LogP contribution is -2.50. The monoisotopic (exact) mass is 240 g/mol. The fourth-order valence-corrected chi connectivity index (χ4v) is 2.87. The average molecular weight is 240 g/mol. The summed E-state index contributed by atoms with van der Waals surface area (Å²) in [6.45, 7) is 13.6. The van der Waals surface area contributed by atoms with Gasteiger partial charge in [0.2, 0.25) is 0 Å². The van der Waals surface area contributed by atoms with Crippen LogP contribution in [0.15, 0.2) is 0 Å². The van der Waals surface area contributed by atoms with Crippen LogP contribution in [0, 0.1) is 5.92 Å². The Balaban J connectivity index is 2.03. The number of ether oxygens (including phenoxy) is 3. The van der Waals surface area contributed by atoms with Crippen LogP contribution >= 0.6 is 0 Å². The smallest absolute Gasteiger partial charge is 0.164 e. The summed E-state index contributed by atoms with van der Waals surface area (Å²) in [5.41, 5.74) is 0. The molecule has 0 N–H and O–H groups in total. The summed E-state index contributed by atoms with van der Waals surface area (Å²) < 4.78 is 17.8. The maximum absolute atomic E-state index is 6.01. The first kappa shape index (κ1) is 13.4. The Labute approximate surface area is 105 Å². The van der Waals surface area contributed by atoms with E-state index < -0.39 is 5.79 Å². The largest absolute Gasteiger partial charge is 0.384 e. The lowest BCUT2D eigenvalue weighted by atomic mass is 9.48. The fourth-order valence-electron chi connectivity index (χ4n) is 2.87. The van der Waals surface area contributed by atoms with E-state index in [1.807, 2.05) is 13.8 Å². The molecule has 0 aromatic carbocycles. The van der Waals surface area contributed by atoms with E-state index in [1.165, 1.54) is 0 Å². The molecule has 0 radical (unpaired) electrons. The maximum atomic E-state index is 6.01. The minimum atomic E-state index is -0.455. The second-order valence-corrected chi connectivity index (χ2v) is 7.13. The first-order chi connectivity index (χ1) is 7.68. The Hall–Kier alpha value is -0.0551. The van der Waals surface area contributed by atoms with Crippen LogP contribution < -0.4 is 0 Å². The Morgan fingerprint density at radius 1 is 1.18 bits per heavy atom. The highest BCUT2D eigenvalue weighted by atomic mass is 16.8. The zero-order valence-corrected chi connectivity index (χ0v) is 11.9. The minimum absolute atomic E-state index is 0.108. The lowest BCUT2D eigenvalue weighted by molar-refractivity contribution is -0.148. The molecule has 2 saturated heterocycles. The molecule has 2 heterocycles. The first-order valence-electron chi connectivity index (χ1n) is 6.65. The maximum Gasteiger partial charge on any atom is 0.164 e. The van der Waals surface area contributed by atoms with Crippen molar-refractivity contribution in [2.45, 2.75) is 70.9 Å². The molecule has 4 heteroatoms. The van der Waals surface area contributed by atoms with Gasteiger partial charge in [-0.3, -0.25) is 0 Å². The van der Waals surface area contributed by atoms with Crippen LogP contribution in [0.1, 0.15) is 41.5 Å². The second kappa shape index (κ2) is 4.25. The zero-order chi connectivity index (χ0) is 12.8. The Bertz CT molecular complexity index is 285. The van der Waals surface area contributed by atoms with E-state index in [-0.39, 0.29) is 18.2 Å². The quantitative estimate of drug-likeness (QED) is 0.657. The molecule has 98 valence electrons. The first-order valence-corrected chi connectivity index (χ1v) is 6.65. The van der Waals surface area contributed by atoms with Crippen molar-refractivity contribution in [2.24, 2.45) is 5.92 Å². The normalized spacial score (nSPS) is 41.1. The van der Waals surface area contributed by atoms with Gasteiger partial charge in [0.1, 0.15) is 6.10 Å². The van der Waals surface area contributed by atoms with Crippen molar-refractivity contribution < 1.29 is 14.2 Å². The van der Waals surface area contributed by atoms with Crippen molar-refractivity contribution in [3.63, 3.8) is 0 Å². The van der Waals surface area contributed by atoms with Gasteiger partial charge in [-0.15, -0.1) is 0 Å². The molecule has 0 bridgehead atoms. The zero-order valence-electron chi connectivity index (χ0n) is 11.9. The SMILES string of the molecule is CC1C(BC(C)(C)C)OCC2OC(C)(C)O[C@@H]21. The molecule has 3 unspecified atom stereocenters. The van der Waals surface area contributed by atoms with E-state index in [1.54, 1.807) is 0 Å². The summed E-state index contributed by atoms with van der Waals surface area (Å²) in [7, 11) is 1.07. The third-order valence-corrected chi connectivity index (χ3v) is 3.61. The molecule has 2 rings (SSSR count). The van der Waals surface area contributed by atoms with Crippen LogP contribution in [0.5, 0.6) is 0 Å². The van der Waals surface area contributed by atoms with Gasteiger partial charge in [0, 0.05) is 11.9 Å². The molecule has 17 heavy (non-hydrogen) atoms. The third-order valence-electron chi connectivity index (χ3n) is 3.61. The summed E-state index contributed by atoms with van der Waals surface area (Å²) in [6.07, 6.45) is 0.294. The summed E-state index contributed by atoms with van der Waals surface area (Å²) in [5.74, 6) is -0.0569. The van der Waals surface area contributed by atoms with Crippen LogP contribution in [0.4, 0.5) is 0 Å². The van der Waals surface area contributed by atoms with Gasteiger partial charge < -0.3 is 14.2 Å². The number of fused-ring (bicyclic) bond motifs is 1. The van der Waals surface area contributed by atoms with Crippen molar-refractivity contribution in [2.75, 3.05) is 6.61 Å². The number of rotatable bonds is 1.